The van der Waals surface area contributed by atoms with Crippen molar-refractivity contribution in [2.45, 2.75) is 52.5 Å². The van der Waals surface area contributed by atoms with Crippen LogP contribution in [0.5, 0.6) is 5.75 Å². The Morgan fingerprint density at radius 1 is 0.778 bits per heavy atom. The molecule has 3 nitrogen and oxygen atoms in total. The second kappa shape index (κ2) is 11.0. The van der Waals surface area contributed by atoms with Crippen LogP contribution in [0, 0.1) is 5.92 Å². The summed E-state index contributed by atoms with van der Waals surface area (Å²) < 4.78 is 8.50. The molecule has 4 aromatic carbocycles. The Labute approximate surface area is 214 Å². The molecule has 5 aromatic rings. The number of benzene rings is 4. The molecule has 1 atom stereocenters. The van der Waals surface area contributed by atoms with Crippen molar-refractivity contribution < 1.29 is 4.74 Å². The second-order valence-corrected chi connectivity index (χ2v) is 10.2. The standard InChI is InChI=1S/C33H36N2O/c1-24(2)22-26-14-16-27(17-15-26)25(3)33-34-31-12-6-7-13-32(31)35(33)20-8-9-21-36-30-19-18-28-10-4-5-11-29(28)23-30/h4-7,10-19,23-25H,8-9,20-22H2,1-3H3. The number of aryl methyl sites for hydroxylation is 1. The summed E-state index contributed by atoms with van der Waals surface area (Å²) >= 11 is 0. The molecule has 0 N–H and O–H groups in total. The molecule has 0 bridgehead atoms. The van der Waals surface area contributed by atoms with Crippen LogP contribution in [0.3, 0.4) is 0 Å². The Bertz CT molecular complexity index is 1430. The van der Waals surface area contributed by atoms with Crippen LogP contribution in [-0.4, -0.2) is 16.2 Å². The summed E-state index contributed by atoms with van der Waals surface area (Å²) in [5.41, 5.74) is 5.01. The first-order chi connectivity index (χ1) is 17.6. The SMILES string of the molecule is CC(C)Cc1ccc(C(C)c2nc3ccccc3n2CCCCOc2ccc3ccccc3c2)cc1. The Kier molecular flexibility index (Phi) is 7.36. The van der Waals surface area contributed by atoms with Crippen LogP contribution < -0.4 is 4.74 Å². The van der Waals surface area contributed by atoms with E-state index in [0.717, 1.165) is 42.9 Å². The Balaban J connectivity index is 1.26. The zero-order valence-electron chi connectivity index (χ0n) is 21.7. The Morgan fingerprint density at radius 2 is 1.53 bits per heavy atom. The van der Waals surface area contributed by atoms with E-state index < -0.39 is 0 Å². The highest BCUT2D eigenvalue weighted by Crippen LogP contribution is 2.28. The minimum atomic E-state index is 0.236. The fourth-order valence-electron chi connectivity index (χ4n) is 5.04. The van der Waals surface area contributed by atoms with Crippen molar-refractivity contribution in [2.75, 3.05) is 6.61 Å². The number of fused-ring (bicyclic) bond motifs is 2. The molecular formula is C33H36N2O. The number of para-hydroxylation sites is 2. The van der Waals surface area contributed by atoms with Crippen molar-refractivity contribution in [2.24, 2.45) is 5.92 Å². The lowest BCUT2D eigenvalue weighted by Crippen LogP contribution is -2.10. The van der Waals surface area contributed by atoms with Crippen LogP contribution in [0.25, 0.3) is 21.8 Å². The highest BCUT2D eigenvalue weighted by molar-refractivity contribution is 5.83. The Morgan fingerprint density at radius 3 is 2.33 bits per heavy atom. The van der Waals surface area contributed by atoms with Crippen LogP contribution in [0.4, 0.5) is 0 Å². The van der Waals surface area contributed by atoms with Gasteiger partial charge in [0.05, 0.1) is 17.6 Å². The van der Waals surface area contributed by atoms with Gasteiger partial charge in [-0.2, -0.15) is 0 Å². The van der Waals surface area contributed by atoms with Gasteiger partial charge in [-0.1, -0.05) is 87.5 Å². The molecule has 1 aromatic heterocycles. The summed E-state index contributed by atoms with van der Waals surface area (Å²) in [6, 6.07) is 32.4. The molecule has 0 spiro atoms. The van der Waals surface area contributed by atoms with Crippen LogP contribution in [0.2, 0.25) is 0 Å². The van der Waals surface area contributed by atoms with E-state index in [9.17, 15) is 0 Å². The normalized spacial score (nSPS) is 12.4. The molecule has 36 heavy (non-hydrogen) atoms. The molecular weight excluding hydrogens is 440 g/mol. The number of nitrogens with zero attached hydrogens (tertiary/aromatic N) is 2. The summed E-state index contributed by atoms with van der Waals surface area (Å²) in [7, 11) is 0. The molecule has 5 rings (SSSR count). The quantitative estimate of drug-likeness (QED) is 0.189. The zero-order chi connectivity index (χ0) is 24.9. The first kappa shape index (κ1) is 24.1. The minimum absolute atomic E-state index is 0.236. The molecule has 0 aliphatic carbocycles. The van der Waals surface area contributed by atoms with E-state index in [1.54, 1.807) is 0 Å². The Hall–Kier alpha value is -3.59. The molecule has 1 heterocycles. The number of hydrogen-bond acceptors (Lipinski definition) is 2. The molecule has 3 heteroatoms. The number of aromatic nitrogens is 2. The molecule has 0 saturated carbocycles. The van der Waals surface area contributed by atoms with Crippen LogP contribution in [-0.2, 0) is 13.0 Å². The fraction of sp³-hybridized carbons (Fsp3) is 0.303. The van der Waals surface area contributed by atoms with Gasteiger partial charge in [0, 0.05) is 12.5 Å². The van der Waals surface area contributed by atoms with Gasteiger partial charge in [-0.15, -0.1) is 0 Å². The lowest BCUT2D eigenvalue weighted by molar-refractivity contribution is 0.303. The van der Waals surface area contributed by atoms with Gasteiger partial charge in [0.1, 0.15) is 11.6 Å². The molecule has 0 aliphatic heterocycles. The molecule has 0 saturated heterocycles. The molecule has 0 fully saturated rings. The van der Waals surface area contributed by atoms with E-state index in [1.807, 2.05) is 0 Å². The smallest absolute Gasteiger partial charge is 0.119 e. The van der Waals surface area contributed by atoms with E-state index in [1.165, 1.54) is 27.4 Å². The lowest BCUT2D eigenvalue weighted by atomic mass is 9.96. The third kappa shape index (κ3) is 5.46. The van der Waals surface area contributed by atoms with Gasteiger partial charge in [-0.25, -0.2) is 4.98 Å². The second-order valence-electron chi connectivity index (χ2n) is 10.2. The lowest BCUT2D eigenvalue weighted by Gasteiger charge is -2.16. The van der Waals surface area contributed by atoms with Gasteiger partial charge < -0.3 is 9.30 Å². The zero-order valence-corrected chi connectivity index (χ0v) is 21.7. The van der Waals surface area contributed by atoms with Crippen LogP contribution in [0.1, 0.15) is 56.5 Å². The van der Waals surface area contributed by atoms with Crippen molar-refractivity contribution in [3.05, 3.63) is 108 Å². The van der Waals surface area contributed by atoms with Crippen LogP contribution in [0.15, 0.2) is 91.0 Å². The molecule has 0 amide bonds. The predicted molar refractivity (Wildman–Crippen MR) is 151 cm³/mol. The summed E-state index contributed by atoms with van der Waals surface area (Å²) in [4.78, 5) is 5.07. The maximum Gasteiger partial charge on any atom is 0.119 e. The van der Waals surface area contributed by atoms with Gasteiger partial charge in [0.15, 0.2) is 0 Å². The predicted octanol–water partition coefficient (Wildman–Crippen LogP) is 8.40. The van der Waals surface area contributed by atoms with Crippen molar-refractivity contribution in [1.29, 1.82) is 0 Å². The van der Waals surface area contributed by atoms with Gasteiger partial charge in [0.25, 0.3) is 0 Å². The molecule has 0 aliphatic rings. The van der Waals surface area contributed by atoms with Crippen LogP contribution >= 0.6 is 0 Å². The van der Waals surface area contributed by atoms with E-state index in [0.29, 0.717) is 12.5 Å². The largest absolute Gasteiger partial charge is 0.494 e. The van der Waals surface area contributed by atoms with Crippen molar-refractivity contribution >= 4 is 21.8 Å². The first-order valence-corrected chi connectivity index (χ1v) is 13.2. The van der Waals surface area contributed by atoms with Gasteiger partial charge in [-0.3, -0.25) is 0 Å². The third-order valence-electron chi connectivity index (χ3n) is 6.96. The highest BCUT2D eigenvalue weighted by atomic mass is 16.5. The summed E-state index contributed by atoms with van der Waals surface area (Å²) in [6.07, 6.45) is 3.16. The van der Waals surface area contributed by atoms with E-state index in [2.05, 4.69) is 116 Å². The van der Waals surface area contributed by atoms with Crippen molar-refractivity contribution in [3.63, 3.8) is 0 Å². The number of unbranched alkanes of at least 4 members (excludes halogenated alkanes) is 1. The summed E-state index contributed by atoms with van der Waals surface area (Å²) in [5.74, 6) is 2.99. The average molecular weight is 477 g/mol. The number of rotatable bonds is 10. The van der Waals surface area contributed by atoms with E-state index in [-0.39, 0.29) is 5.92 Å². The monoisotopic (exact) mass is 476 g/mol. The number of imidazole rings is 1. The average Bonchev–Trinajstić information content (AvgIpc) is 3.26. The van der Waals surface area contributed by atoms with Gasteiger partial charge >= 0.3 is 0 Å². The van der Waals surface area contributed by atoms with Crippen molar-refractivity contribution in [1.82, 2.24) is 9.55 Å². The number of hydrogen-bond donors (Lipinski definition) is 0. The van der Waals surface area contributed by atoms with E-state index in [4.69, 9.17) is 9.72 Å². The molecule has 0 radical (unpaired) electrons. The maximum atomic E-state index is 6.08. The summed E-state index contributed by atoms with van der Waals surface area (Å²) in [6.45, 7) is 8.47. The molecule has 1 unspecified atom stereocenters. The molecule has 184 valence electrons. The minimum Gasteiger partial charge on any atom is -0.494 e. The van der Waals surface area contributed by atoms with Crippen molar-refractivity contribution in [3.8, 4) is 5.75 Å². The third-order valence-corrected chi connectivity index (χ3v) is 6.96. The summed E-state index contributed by atoms with van der Waals surface area (Å²) in [5, 5.41) is 2.46. The first-order valence-electron chi connectivity index (χ1n) is 13.2. The van der Waals surface area contributed by atoms with Gasteiger partial charge in [0.2, 0.25) is 0 Å². The van der Waals surface area contributed by atoms with Gasteiger partial charge in [-0.05, 0) is 71.3 Å². The fourth-order valence-corrected chi connectivity index (χ4v) is 5.04. The maximum absolute atomic E-state index is 6.08. The topological polar surface area (TPSA) is 27.1 Å². The number of ether oxygens (including phenoxy) is 1. The van der Waals surface area contributed by atoms with E-state index >= 15 is 0 Å². The highest BCUT2D eigenvalue weighted by Gasteiger charge is 2.18.